The number of hydrogen-bond donors (Lipinski definition) is 3. The molecule has 3 aromatic carbocycles. The number of amides is 3. The highest BCUT2D eigenvalue weighted by Gasteiger charge is 2.22. The van der Waals surface area contributed by atoms with Gasteiger partial charge in [0.25, 0.3) is 5.91 Å². The maximum Gasteiger partial charge on any atom is 0.328 e. The summed E-state index contributed by atoms with van der Waals surface area (Å²) >= 11 is 15.5. The molecule has 3 N–H and O–H groups in total. The van der Waals surface area contributed by atoms with Crippen LogP contribution in [-0.2, 0) is 9.59 Å². The molecule has 0 aliphatic heterocycles. The van der Waals surface area contributed by atoms with Crippen LogP contribution in [0.4, 0.5) is 11.4 Å². The van der Waals surface area contributed by atoms with Gasteiger partial charge in [0.1, 0.15) is 11.4 Å². The zero-order chi connectivity index (χ0) is 26.5. The van der Waals surface area contributed by atoms with Gasteiger partial charge in [-0.05, 0) is 73.2 Å². The lowest BCUT2D eigenvalue weighted by Crippen LogP contribution is -2.36. The number of anilines is 2. The van der Waals surface area contributed by atoms with Crippen molar-refractivity contribution in [1.29, 1.82) is 0 Å². The minimum atomic E-state index is -0.967. The molecule has 0 saturated carbocycles. The smallest absolute Gasteiger partial charge is 0.328 e. The fourth-order valence-corrected chi connectivity index (χ4v) is 4.28. The van der Waals surface area contributed by atoms with Gasteiger partial charge in [0, 0.05) is 20.6 Å². The Hall–Kier alpha value is -3.53. The van der Waals surface area contributed by atoms with Gasteiger partial charge in [-0.25, -0.2) is 4.68 Å². The molecule has 37 heavy (non-hydrogen) atoms. The standard InChI is InChI=1S/C26H21BrCl2N4O4/c1-2-11-37-19-7-5-18(6-8-19)30-25(35)26(36)32-33-22-10-3-16(27)12-15(22)13-23(33)24(34)31-21-9-4-17(28)14-20(21)29/h3-10,12-14H,2,11H2,1H3,(H,30,35)(H,31,34)(H,32,36). The Kier molecular flexibility index (Phi) is 8.38. The number of rotatable bonds is 7. The van der Waals surface area contributed by atoms with Crippen molar-refractivity contribution >= 4 is 79.1 Å². The molecule has 0 aliphatic carbocycles. The van der Waals surface area contributed by atoms with Gasteiger partial charge in [0.05, 0.1) is 22.8 Å². The molecule has 0 spiro atoms. The van der Waals surface area contributed by atoms with Crippen molar-refractivity contribution < 1.29 is 19.1 Å². The summed E-state index contributed by atoms with van der Waals surface area (Å²) in [6.45, 7) is 2.58. The van der Waals surface area contributed by atoms with E-state index in [0.29, 0.717) is 39.7 Å². The predicted octanol–water partition coefficient (Wildman–Crippen LogP) is 6.46. The zero-order valence-electron chi connectivity index (χ0n) is 19.5. The third kappa shape index (κ3) is 6.43. The quantitative estimate of drug-likeness (QED) is 0.211. The third-order valence-corrected chi connectivity index (χ3v) is 6.22. The van der Waals surface area contributed by atoms with E-state index >= 15 is 0 Å². The zero-order valence-corrected chi connectivity index (χ0v) is 22.6. The summed E-state index contributed by atoms with van der Waals surface area (Å²) in [6, 6.07) is 18.2. The average Bonchev–Trinajstić information content (AvgIpc) is 3.22. The number of carbonyl (C=O) groups is 3. The van der Waals surface area contributed by atoms with Gasteiger partial charge in [-0.1, -0.05) is 46.1 Å². The van der Waals surface area contributed by atoms with Crippen molar-refractivity contribution in [2.24, 2.45) is 0 Å². The van der Waals surface area contributed by atoms with Crippen LogP contribution in [0.25, 0.3) is 10.9 Å². The predicted molar refractivity (Wildman–Crippen MR) is 149 cm³/mol. The molecule has 190 valence electrons. The number of carbonyl (C=O) groups excluding carboxylic acids is 3. The molecular weight excluding hydrogens is 583 g/mol. The second kappa shape index (κ2) is 11.7. The molecule has 4 rings (SSSR count). The van der Waals surface area contributed by atoms with Crippen LogP contribution in [0.15, 0.2) is 71.2 Å². The fourth-order valence-electron chi connectivity index (χ4n) is 3.45. The van der Waals surface area contributed by atoms with E-state index in [1.54, 1.807) is 60.7 Å². The Morgan fingerprint density at radius 3 is 2.38 bits per heavy atom. The molecule has 0 fully saturated rings. The van der Waals surface area contributed by atoms with E-state index in [2.05, 4.69) is 32.0 Å². The number of halogens is 3. The monoisotopic (exact) mass is 602 g/mol. The summed E-state index contributed by atoms with van der Waals surface area (Å²) in [5.41, 5.74) is 3.86. The highest BCUT2D eigenvalue weighted by Crippen LogP contribution is 2.28. The highest BCUT2D eigenvalue weighted by atomic mass is 79.9. The first-order valence-electron chi connectivity index (χ1n) is 11.2. The minimum Gasteiger partial charge on any atom is -0.494 e. The molecule has 4 aromatic rings. The van der Waals surface area contributed by atoms with Crippen LogP contribution in [0.1, 0.15) is 23.8 Å². The summed E-state index contributed by atoms with van der Waals surface area (Å²) in [5.74, 6) is -1.77. The van der Waals surface area contributed by atoms with Gasteiger partial charge in [0.15, 0.2) is 0 Å². The Morgan fingerprint density at radius 1 is 0.919 bits per heavy atom. The van der Waals surface area contributed by atoms with Gasteiger partial charge >= 0.3 is 11.8 Å². The third-order valence-electron chi connectivity index (χ3n) is 5.18. The Bertz CT molecular complexity index is 1490. The molecule has 1 aromatic heterocycles. The van der Waals surface area contributed by atoms with Crippen molar-refractivity contribution in [2.45, 2.75) is 13.3 Å². The van der Waals surface area contributed by atoms with Crippen LogP contribution in [0, 0.1) is 0 Å². The van der Waals surface area contributed by atoms with E-state index in [1.165, 1.54) is 10.7 Å². The molecule has 0 saturated heterocycles. The number of fused-ring (bicyclic) bond motifs is 1. The van der Waals surface area contributed by atoms with Gasteiger partial charge in [0.2, 0.25) is 0 Å². The van der Waals surface area contributed by atoms with Gasteiger partial charge in [-0.15, -0.1) is 0 Å². The number of aromatic nitrogens is 1. The van der Waals surface area contributed by atoms with E-state index in [9.17, 15) is 14.4 Å². The maximum absolute atomic E-state index is 13.2. The summed E-state index contributed by atoms with van der Waals surface area (Å²) in [6.07, 6.45) is 0.871. The maximum atomic E-state index is 13.2. The SMILES string of the molecule is CCCOc1ccc(NC(=O)C(=O)Nn2c(C(=O)Nc3ccc(Cl)cc3Cl)cc3cc(Br)ccc32)cc1. The van der Waals surface area contributed by atoms with Crippen molar-refractivity contribution in [3.05, 3.63) is 86.9 Å². The Balaban J connectivity index is 1.56. The Labute approximate surface area is 231 Å². The number of benzene rings is 3. The molecule has 0 aliphatic rings. The molecule has 0 radical (unpaired) electrons. The van der Waals surface area contributed by atoms with E-state index in [1.807, 2.05) is 6.92 Å². The largest absolute Gasteiger partial charge is 0.494 e. The van der Waals surface area contributed by atoms with Crippen LogP contribution < -0.4 is 20.8 Å². The Morgan fingerprint density at radius 2 is 1.68 bits per heavy atom. The van der Waals surface area contributed by atoms with Crippen LogP contribution in [0.3, 0.4) is 0 Å². The van der Waals surface area contributed by atoms with E-state index in [0.717, 1.165) is 10.9 Å². The number of hydrogen-bond acceptors (Lipinski definition) is 4. The summed E-state index contributed by atoms with van der Waals surface area (Å²) < 4.78 is 7.55. The first-order chi connectivity index (χ1) is 17.7. The normalized spacial score (nSPS) is 10.7. The van der Waals surface area contributed by atoms with Crippen molar-refractivity contribution in [3.8, 4) is 5.75 Å². The van der Waals surface area contributed by atoms with Crippen molar-refractivity contribution in [3.63, 3.8) is 0 Å². The number of nitrogens with one attached hydrogen (secondary N) is 3. The van der Waals surface area contributed by atoms with Crippen LogP contribution >= 0.6 is 39.1 Å². The van der Waals surface area contributed by atoms with Gasteiger partial charge < -0.3 is 15.4 Å². The lowest BCUT2D eigenvalue weighted by atomic mass is 10.2. The first kappa shape index (κ1) is 26.5. The van der Waals surface area contributed by atoms with E-state index < -0.39 is 17.7 Å². The van der Waals surface area contributed by atoms with Crippen LogP contribution in [-0.4, -0.2) is 29.0 Å². The van der Waals surface area contributed by atoms with Gasteiger partial charge in [-0.2, -0.15) is 0 Å². The molecule has 0 unspecified atom stereocenters. The summed E-state index contributed by atoms with van der Waals surface area (Å²) in [5, 5.41) is 6.57. The molecule has 11 heteroatoms. The second-order valence-corrected chi connectivity index (χ2v) is 9.67. The van der Waals surface area contributed by atoms with Crippen molar-refractivity contribution in [2.75, 3.05) is 22.7 Å². The van der Waals surface area contributed by atoms with E-state index in [4.69, 9.17) is 27.9 Å². The second-order valence-electron chi connectivity index (χ2n) is 7.91. The number of nitrogens with zero attached hydrogens (tertiary/aromatic N) is 1. The average molecular weight is 604 g/mol. The topological polar surface area (TPSA) is 101 Å². The summed E-state index contributed by atoms with van der Waals surface area (Å²) in [7, 11) is 0. The highest BCUT2D eigenvalue weighted by molar-refractivity contribution is 9.10. The molecule has 3 amide bonds. The minimum absolute atomic E-state index is 0.0812. The number of ether oxygens (including phenoxy) is 1. The van der Waals surface area contributed by atoms with Crippen molar-refractivity contribution in [1.82, 2.24) is 4.68 Å². The molecular formula is C26H21BrCl2N4O4. The summed E-state index contributed by atoms with van der Waals surface area (Å²) in [4.78, 5) is 38.6. The lowest BCUT2D eigenvalue weighted by molar-refractivity contribution is -0.133. The molecule has 0 atom stereocenters. The van der Waals surface area contributed by atoms with Gasteiger partial charge in [-0.3, -0.25) is 19.8 Å². The molecule has 1 heterocycles. The van der Waals surface area contributed by atoms with E-state index in [-0.39, 0.29) is 10.7 Å². The van der Waals surface area contributed by atoms with Crippen LogP contribution in [0.2, 0.25) is 10.0 Å². The fraction of sp³-hybridized carbons (Fsp3) is 0.115. The molecule has 8 nitrogen and oxygen atoms in total. The van der Waals surface area contributed by atoms with Crippen LogP contribution in [0.5, 0.6) is 5.75 Å². The molecule has 0 bridgehead atoms. The lowest BCUT2D eigenvalue weighted by Gasteiger charge is -2.13. The first-order valence-corrected chi connectivity index (χ1v) is 12.7.